The second kappa shape index (κ2) is 8.50. The number of hydrogen-bond acceptors (Lipinski definition) is 5. The average molecular weight is 360 g/mol. The molecule has 0 radical (unpaired) electrons. The quantitative estimate of drug-likeness (QED) is 0.536. The molecule has 6 heteroatoms. The molecule has 1 N–H and O–H groups in total. The van der Waals surface area contributed by atoms with Crippen molar-refractivity contribution in [1.82, 2.24) is 5.32 Å². The van der Waals surface area contributed by atoms with E-state index < -0.39 is 5.97 Å². The molecule has 0 saturated carbocycles. The minimum atomic E-state index is -0.444. The van der Waals surface area contributed by atoms with Gasteiger partial charge in [-0.05, 0) is 47.5 Å². The number of hydrogen-bond donors (Lipinski definition) is 1. The maximum atomic E-state index is 11.9. The molecule has 134 valence electrons. The van der Waals surface area contributed by atoms with Gasteiger partial charge < -0.3 is 14.5 Å². The monoisotopic (exact) mass is 360 g/mol. The lowest BCUT2D eigenvalue weighted by molar-refractivity contribution is -0.134. The zero-order valence-electron chi connectivity index (χ0n) is 14.3. The van der Waals surface area contributed by atoms with Crippen LogP contribution in [-0.2, 0) is 4.79 Å². The van der Waals surface area contributed by atoms with Gasteiger partial charge in [-0.15, -0.1) is 0 Å². The maximum absolute atomic E-state index is 11.9. The summed E-state index contributed by atoms with van der Waals surface area (Å²) in [5, 5.41) is 11.4. The Morgan fingerprint density at radius 1 is 1.00 bits per heavy atom. The van der Waals surface area contributed by atoms with Gasteiger partial charge >= 0.3 is 5.97 Å². The fraction of sp³-hybridized carbons (Fsp3) is 0.0952. The molecular weight excluding hydrogens is 344 g/mol. The largest absolute Gasteiger partial charge is 0.459 e. The molecule has 0 unspecified atom stereocenters. The number of nitriles is 1. The lowest BCUT2D eigenvalue weighted by Crippen LogP contribution is -2.26. The fourth-order valence-electron chi connectivity index (χ4n) is 2.41. The molecular formula is C21H16N2O4. The minimum absolute atomic E-state index is 0.0455. The number of rotatable bonds is 6. The van der Waals surface area contributed by atoms with Gasteiger partial charge in [-0.25, -0.2) is 0 Å². The van der Waals surface area contributed by atoms with Crippen molar-refractivity contribution in [3.8, 4) is 22.9 Å². The first-order valence-corrected chi connectivity index (χ1v) is 8.29. The van der Waals surface area contributed by atoms with E-state index in [-0.39, 0.29) is 24.6 Å². The van der Waals surface area contributed by atoms with Gasteiger partial charge in [0.05, 0.1) is 24.3 Å². The van der Waals surface area contributed by atoms with Crippen molar-refractivity contribution in [3.05, 3.63) is 78.3 Å². The number of carbonyl (C=O) groups is 2. The molecule has 2 aromatic carbocycles. The number of amides is 1. The van der Waals surface area contributed by atoms with Gasteiger partial charge in [0.2, 0.25) is 0 Å². The summed E-state index contributed by atoms with van der Waals surface area (Å²) in [6, 6.07) is 19.5. The van der Waals surface area contributed by atoms with Gasteiger partial charge in [-0.1, -0.05) is 24.3 Å². The smallest absolute Gasteiger partial charge is 0.312 e. The Morgan fingerprint density at radius 2 is 1.67 bits per heavy atom. The topological polar surface area (TPSA) is 92.3 Å². The maximum Gasteiger partial charge on any atom is 0.312 e. The average Bonchev–Trinajstić information content (AvgIpc) is 3.23. The first-order valence-electron chi connectivity index (χ1n) is 8.29. The Balaban J connectivity index is 1.49. The summed E-state index contributed by atoms with van der Waals surface area (Å²) in [6.07, 6.45) is 1.45. The van der Waals surface area contributed by atoms with Gasteiger partial charge in [0.15, 0.2) is 5.76 Å². The van der Waals surface area contributed by atoms with Gasteiger partial charge in [-0.3, -0.25) is 9.59 Å². The van der Waals surface area contributed by atoms with Crippen LogP contribution in [0.4, 0.5) is 0 Å². The molecule has 0 aliphatic carbocycles. The van der Waals surface area contributed by atoms with Crippen molar-refractivity contribution in [3.63, 3.8) is 0 Å². The molecule has 0 saturated heterocycles. The summed E-state index contributed by atoms with van der Waals surface area (Å²) in [6.45, 7) is 0.154. The molecule has 27 heavy (non-hydrogen) atoms. The van der Waals surface area contributed by atoms with Gasteiger partial charge in [-0.2, -0.15) is 5.26 Å². The van der Waals surface area contributed by atoms with E-state index in [1.807, 2.05) is 24.3 Å². The molecule has 1 heterocycles. The normalized spacial score (nSPS) is 10.0. The molecule has 0 aliphatic rings. The van der Waals surface area contributed by atoms with E-state index in [2.05, 4.69) is 11.4 Å². The molecule has 6 nitrogen and oxygen atoms in total. The lowest BCUT2D eigenvalue weighted by atomic mass is 10.0. The van der Waals surface area contributed by atoms with Crippen molar-refractivity contribution in [2.75, 3.05) is 6.54 Å². The number of furan rings is 1. The number of ether oxygens (including phenoxy) is 1. The van der Waals surface area contributed by atoms with E-state index in [4.69, 9.17) is 14.4 Å². The first kappa shape index (κ1) is 18.0. The van der Waals surface area contributed by atoms with Crippen molar-refractivity contribution < 1.29 is 18.7 Å². The van der Waals surface area contributed by atoms with Crippen LogP contribution in [0.25, 0.3) is 11.1 Å². The molecule has 0 spiro atoms. The van der Waals surface area contributed by atoms with Crippen molar-refractivity contribution in [2.24, 2.45) is 0 Å². The standard InChI is InChI=1S/C21H16N2O4/c22-14-15-3-5-16(6-4-15)17-7-9-18(10-8-17)27-20(24)11-12-23-21(25)19-2-1-13-26-19/h1-10,13H,11-12H2,(H,23,25). The Bertz CT molecular complexity index is 953. The molecule has 1 amide bonds. The van der Waals surface area contributed by atoms with E-state index in [1.54, 1.807) is 36.4 Å². The SMILES string of the molecule is N#Cc1ccc(-c2ccc(OC(=O)CCNC(=O)c3ccco3)cc2)cc1. The van der Waals surface area contributed by atoms with Crippen molar-refractivity contribution in [2.45, 2.75) is 6.42 Å². The minimum Gasteiger partial charge on any atom is -0.459 e. The van der Waals surface area contributed by atoms with E-state index in [1.165, 1.54) is 6.26 Å². The third-order valence-corrected chi connectivity index (χ3v) is 3.79. The zero-order chi connectivity index (χ0) is 19.1. The number of nitrogens with zero attached hydrogens (tertiary/aromatic N) is 1. The van der Waals surface area contributed by atoms with Crippen LogP contribution in [0.2, 0.25) is 0 Å². The van der Waals surface area contributed by atoms with Crippen molar-refractivity contribution in [1.29, 1.82) is 5.26 Å². The third-order valence-electron chi connectivity index (χ3n) is 3.79. The first-order chi connectivity index (χ1) is 13.2. The van der Waals surface area contributed by atoms with Crippen LogP contribution in [-0.4, -0.2) is 18.4 Å². The highest BCUT2D eigenvalue weighted by Gasteiger charge is 2.10. The molecule has 0 atom stereocenters. The van der Waals surface area contributed by atoms with E-state index >= 15 is 0 Å². The summed E-state index contributed by atoms with van der Waals surface area (Å²) in [5.74, 6) is -0.197. The van der Waals surface area contributed by atoms with E-state index in [9.17, 15) is 9.59 Å². The predicted molar refractivity (Wildman–Crippen MR) is 97.9 cm³/mol. The Morgan fingerprint density at radius 3 is 2.26 bits per heavy atom. The second-order valence-electron chi connectivity index (χ2n) is 5.67. The molecule has 0 aliphatic heterocycles. The van der Waals surface area contributed by atoms with Crippen LogP contribution in [0, 0.1) is 11.3 Å². The van der Waals surface area contributed by atoms with Crippen LogP contribution in [0.5, 0.6) is 5.75 Å². The Kier molecular flexibility index (Phi) is 5.65. The molecule has 3 aromatic rings. The number of esters is 1. The predicted octanol–water partition coefficient (Wildman–Crippen LogP) is 3.54. The molecule has 0 bridgehead atoms. The molecule has 1 aromatic heterocycles. The highest BCUT2D eigenvalue weighted by Crippen LogP contribution is 2.23. The summed E-state index contributed by atoms with van der Waals surface area (Å²) in [7, 11) is 0. The number of benzene rings is 2. The Labute approximate surface area is 156 Å². The van der Waals surface area contributed by atoms with Crippen molar-refractivity contribution >= 4 is 11.9 Å². The zero-order valence-corrected chi connectivity index (χ0v) is 14.3. The van der Waals surface area contributed by atoms with Crippen LogP contribution in [0.15, 0.2) is 71.3 Å². The summed E-state index contributed by atoms with van der Waals surface area (Å²) >= 11 is 0. The Hall–Kier alpha value is -3.85. The lowest BCUT2D eigenvalue weighted by Gasteiger charge is -2.07. The molecule has 0 fully saturated rings. The second-order valence-corrected chi connectivity index (χ2v) is 5.67. The highest BCUT2D eigenvalue weighted by atomic mass is 16.5. The number of carbonyl (C=O) groups excluding carboxylic acids is 2. The van der Waals surface area contributed by atoms with Crippen LogP contribution in [0.3, 0.4) is 0 Å². The van der Waals surface area contributed by atoms with Crippen LogP contribution in [0.1, 0.15) is 22.5 Å². The van der Waals surface area contributed by atoms with Gasteiger partial charge in [0.25, 0.3) is 5.91 Å². The van der Waals surface area contributed by atoms with E-state index in [0.29, 0.717) is 11.3 Å². The van der Waals surface area contributed by atoms with Crippen LogP contribution >= 0.6 is 0 Å². The van der Waals surface area contributed by atoms with Gasteiger partial charge in [0.1, 0.15) is 5.75 Å². The van der Waals surface area contributed by atoms with E-state index in [0.717, 1.165) is 11.1 Å². The summed E-state index contributed by atoms with van der Waals surface area (Å²) < 4.78 is 10.2. The molecule has 3 rings (SSSR count). The highest BCUT2D eigenvalue weighted by molar-refractivity contribution is 5.91. The fourth-order valence-corrected chi connectivity index (χ4v) is 2.41. The third kappa shape index (κ3) is 4.83. The summed E-state index contributed by atoms with van der Waals surface area (Å²) in [5.41, 5.74) is 2.51. The van der Waals surface area contributed by atoms with Crippen LogP contribution < -0.4 is 10.1 Å². The van der Waals surface area contributed by atoms with Gasteiger partial charge in [0, 0.05) is 6.54 Å². The summed E-state index contributed by atoms with van der Waals surface area (Å²) in [4.78, 5) is 23.6. The number of nitrogens with one attached hydrogen (secondary N) is 1.